The molecule has 0 spiro atoms. The van der Waals surface area contributed by atoms with Crippen LogP contribution < -0.4 is 0 Å². The molecule has 0 aliphatic carbocycles. The smallest absolute Gasteiger partial charge is 0.128 e. The molecule has 0 saturated carbocycles. The molecule has 2 nitrogen and oxygen atoms in total. The van der Waals surface area contributed by atoms with Gasteiger partial charge in [0.15, 0.2) is 0 Å². The lowest BCUT2D eigenvalue weighted by molar-refractivity contribution is 0.477. The SMILES string of the molecule is Oc1ccccc1-c1ncc(I)s1. The molecule has 2 aromatic rings. The van der Waals surface area contributed by atoms with Gasteiger partial charge in [0.25, 0.3) is 0 Å². The van der Waals surface area contributed by atoms with Crippen LogP contribution in [-0.4, -0.2) is 10.1 Å². The molecular weight excluding hydrogens is 297 g/mol. The molecule has 0 aliphatic rings. The fourth-order valence-corrected chi connectivity index (χ4v) is 2.48. The van der Waals surface area contributed by atoms with E-state index in [9.17, 15) is 5.11 Å². The van der Waals surface area contributed by atoms with Crippen LogP contribution in [0.25, 0.3) is 10.6 Å². The second-order valence-electron chi connectivity index (χ2n) is 2.49. The Morgan fingerprint density at radius 3 is 2.69 bits per heavy atom. The summed E-state index contributed by atoms with van der Waals surface area (Å²) >= 11 is 3.78. The summed E-state index contributed by atoms with van der Waals surface area (Å²) in [4.78, 5) is 4.20. The Morgan fingerprint density at radius 2 is 2.08 bits per heavy atom. The number of para-hydroxylation sites is 1. The highest BCUT2D eigenvalue weighted by Crippen LogP contribution is 2.31. The predicted molar refractivity (Wildman–Crippen MR) is 61.9 cm³/mol. The van der Waals surface area contributed by atoms with Crippen molar-refractivity contribution in [1.82, 2.24) is 4.98 Å². The highest BCUT2D eigenvalue weighted by molar-refractivity contribution is 14.1. The molecule has 0 bridgehead atoms. The van der Waals surface area contributed by atoms with Gasteiger partial charge < -0.3 is 5.11 Å². The van der Waals surface area contributed by atoms with Crippen molar-refractivity contribution in [3.8, 4) is 16.3 Å². The van der Waals surface area contributed by atoms with Crippen molar-refractivity contribution in [2.75, 3.05) is 0 Å². The van der Waals surface area contributed by atoms with Gasteiger partial charge in [-0.2, -0.15) is 0 Å². The normalized spacial score (nSPS) is 10.2. The molecule has 1 aromatic heterocycles. The summed E-state index contributed by atoms with van der Waals surface area (Å²) in [5, 5.41) is 10.4. The number of halogens is 1. The highest BCUT2D eigenvalue weighted by atomic mass is 127. The Labute approximate surface area is 93.4 Å². The number of hydrogen-bond donors (Lipinski definition) is 1. The van der Waals surface area contributed by atoms with Gasteiger partial charge in [0.1, 0.15) is 10.8 Å². The molecule has 4 heteroatoms. The van der Waals surface area contributed by atoms with Gasteiger partial charge in [0.05, 0.1) is 14.6 Å². The van der Waals surface area contributed by atoms with Crippen LogP contribution in [0.5, 0.6) is 5.75 Å². The molecule has 0 saturated heterocycles. The number of aromatic nitrogens is 1. The van der Waals surface area contributed by atoms with E-state index in [2.05, 4.69) is 27.6 Å². The van der Waals surface area contributed by atoms with Gasteiger partial charge >= 0.3 is 0 Å². The number of hydrogen-bond acceptors (Lipinski definition) is 3. The van der Waals surface area contributed by atoms with Gasteiger partial charge in [0, 0.05) is 0 Å². The fraction of sp³-hybridized carbons (Fsp3) is 0. The first kappa shape index (κ1) is 8.96. The summed E-state index contributed by atoms with van der Waals surface area (Å²) in [5.74, 6) is 0.285. The average Bonchev–Trinajstić information content (AvgIpc) is 2.53. The maximum absolute atomic E-state index is 9.54. The summed E-state index contributed by atoms with van der Waals surface area (Å²) in [5.41, 5.74) is 0.801. The van der Waals surface area contributed by atoms with Crippen molar-refractivity contribution in [2.24, 2.45) is 0 Å². The number of nitrogens with zero attached hydrogens (tertiary/aromatic N) is 1. The number of rotatable bonds is 1. The highest BCUT2D eigenvalue weighted by Gasteiger charge is 2.06. The standard InChI is InChI=1S/C9H6INOS/c10-8-5-11-9(13-8)6-3-1-2-4-7(6)12/h1-5,12H. The summed E-state index contributed by atoms with van der Waals surface area (Å²) in [6.45, 7) is 0. The molecule has 2 rings (SSSR count). The molecule has 0 aliphatic heterocycles. The van der Waals surface area contributed by atoms with Crippen LogP contribution in [0, 0.1) is 2.88 Å². The van der Waals surface area contributed by atoms with Crippen LogP contribution in [0.1, 0.15) is 0 Å². The van der Waals surface area contributed by atoms with Crippen molar-refractivity contribution < 1.29 is 5.11 Å². The van der Waals surface area contributed by atoms with Crippen molar-refractivity contribution in [1.29, 1.82) is 0 Å². The second-order valence-corrected chi connectivity index (χ2v) is 5.41. The topological polar surface area (TPSA) is 33.1 Å². The molecule has 66 valence electrons. The number of benzene rings is 1. The fourth-order valence-electron chi connectivity index (χ4n) is 1.03. The zero-order chi connectivity index (χ0) is 9.26. The molecule has 1 N–H and O–H groups in total. The lowest BCUT2D eigenvalue weighted by Gasteiger charge is -1.98. The molecular formula is C9H6INOS. The van der Waals surface area contributed by atoms with Gasteiger partial charge in [-0.15, -0.1) is 11.3 Å². The minimum Gasteiger partial charge on any atom is -0.507 e. The summed E-state index contributed by atoms with van der Waals surface area (Å²) < 4.78 is 1.12. The quantitative estimate of drug-likeness (QED) is 0.821. The molecule has 0 fully saturated rings. The van der Waals surface area contributed by atoms with Crippen molar-refractivity contribution in [3.05, 3.63) is 33.3 Å². The van der Waals surface area contributed by atoms with E-state index in [1.165, 1.54) is 0 Å². The van der Waals surface area contributed by atoms with E-state index in [0.29, 0.717) is 0 Å². The van der Waals surface area contributed by atoms with E-state index >= 15 is 0 Å². The van der Waals surface area contributed by atoms with Crippen molar-refractivity contribution in [2.45, 2.75) is 0 Å². The number of phenolic OH excluding ortho intramolecular Hbond substituents is 1. The van der Waals surface area contributed by atoms with Crippen molar-refractivity contribution in [3.63, 3.8) is 0 Å². The van der Waals surface area contributed by atoms with E-state index in [1.54, 1.807) is 29.7 Å². The molecule has 1 heterocycles. The largest absolute Gasteiger partial charge is 0.507 e. The third-order valence-corrected chi connectivity index (χ3v) is 3.37. The summed E-state index contributed by atoms with van der Waals surface area (Å²) in [6.07, 6.45) is 1.80. The molecule has 0 radical (unpaired) electrons. The van der Waals surface area contributed by atoms with E-state index < -0.39 is 0 Å². The third-order valence-electron chi connectivity index (χ3n) is 1.61. The number of thiazole rings is 1. The van der Waals surface area contributed by atoms with Crippen LogP contribution >= 0.6 is 33.9 Å². The van der Waals surface area contributed by atoms with E-state index in [-0.39, 0.29) is 5.75 Å². The average molecular weight is 303 g/mol. The summed E-state index contributed by atoms with van der Waals surface area (Å²) in [6, 6.07) is 7.23. The lowest BCUT2D eigenvalue weighted by Crippen LogP contribution is -1.75. The Balaban J connectivity index is 2.52. The zero-order valence-electron chi connectivity index (χ0n) is 6.57. The van der Waals surface area contributed by atoms with Crippen LogP contribution in [0.3, 0.4) is 0 Å². The van der Waals surface area contributed by atoms with Gasteiger partial charge in [-0.3, -0.25) is 0 Å². The first-order valence-corrected chi connectivity index (χ1v) is 5.56. The molecule has 0 unspecified atom stereocenters. The predicted octanol–water partition coefficient (Wildman–Crippen LogP) is 3.12. The Morgan fingerprint density at radius 1 is 1.31 bits per heavy atom. The first-order chi connectivity index (χ1) is 6.27. The van der Waals surface area contributed by atoms with Crippen LogP contribution in [0.2, 0.25) is 0 Å². The molecule has 1 aromatic carbocycles. The summed E-state index contributed by atoms with van der Waals surface area (Å²) in [7, 11) is 0. The van der Waals surface area contributed by atoms with Crippen molar-refractivity contribution >= 4 is 33.9 Å². The molecule has 13 heavy (non-hydrogen) atoms. The Bertz CT molecular complexity index is 427. The Hall–Kier alpha value is -0.620. The van der Waals surface area contributed by atoms with Gasteiger partial charge in [-0.05, 0) is 34.7 Å². The maximum Gasteiger partial charge on any atom is 0.128 e. The van der Waals surface area contributed by atoms with Gasteiger partial charge in [0.2, 0.25) is 0 Å². The number of phenols is 1. The monoisotopic (exact) mass is 303 g/mol. The zero-order valence-corrected chi connectivity index (χ0v) is 9.54. The second kappa shape index (κ2) is 3.63. The van der Waals surface area contributed by atoms with E-state index in [1.807, 2.05) is 12.1 Å². The molecule has 0 amide bonds. The van der Waals surface area contributed by atoms with E-state index in [4.69, 9.17) is 0 Å². The van der Waals surface area contributed by atoms with Crippen LogP contribution in [-0.2, 0) is 0 Å². The van der Waals surface area contributed by atoms with Crippen LogP contribution in [0.15, 0.2) is 30.5 Å². The van der Waals surface area contributed by atoms with Crippen LogP contribution in [0.4, 0.5) is 0 Å². The first-order valence-electron chi connectivity index (χ1n) is 3.67. The minimum atomic E-state index is 0.285. The Kier molecular flexibility index (Phi) is 2.50. The number of aromatic hydroxyl groups is 1. The van der Waals surface area contributed by atoms with Gasteiger partial charge in [-0.1, -0.05) is 12.1 Å². The third kappa shape index (κ3) is 1.83. The lowest BCUT2D eigenvalue weighted by atomic mass is 10.2. The minimum absolute atomic E-state index is 0.285. The van der Waals surface area contributed by atoms with Gasteiger partial charge in [-0.25, -0.2) is 4.98 Å². The van der Waals surface area contributed by atoms with E-state index in [0.717, 1.165) is 13.5 Å². The molecule has 0 atom stereocenters. The maximum atomic E-state index is 9.54.